The lowest BCUT2D eigenvalue weighted by Crippen LogP contribution is -2.38. The Kier molecular flexibility index (Phi) is 3.99. The van der Waals surface area contributed by atoms with Gasteiger partial charge in [0.05, 0.1) is 25.4 Å². The lowest BCUT2D eigenvalue weighted by atomic mass is 10.2. The molecule has 6 heteroatoms. The van der Waals surface area contributed by atoms with Gasteiger partial charge in [-0.15, -0.1) is 0 Å². The van der Waals surface area contributed by atoms with Crippen LogP contribution in [-0.4, -0.2) is 32.4 Å². The summed E-state index contributed by atoms with van der Waals surface area (Å²) < 4.78 is 23.1. The maximum Gasteiger partial charge on any atom is 0.319 e. The first kappa shape index (κ1) is 12.6. The Balaban J connectivity index is 1.97. The second-order valence-corrected chi connectivity index (χ2v) is 4.00. The SMILES string of the molecule is COc1cc(F)ccc1NC(=O)NC1CCOC1. The predicted molar refractivity (Wildman–Crippen MR) is 64.3 cm³/mol. The highest BCUT2D eigenvalue weighted by molar-refractivity contribution is 5.91. The number of rotatable bonds is 3. The summed E-state index contributed by atoms with van der Waals surface area (Å²) in [7, 11) is 1.42. The normalized spacial score (nSPS) is 18.4. The minimum absolute atomic E-state index is 0.0245. The fourth-order valence-corrected chi connectivity index (χ4v) is 1.76. The van der Waals surface area contributed by atoms with Gasteiger partial charge in [-0.1, -0.05) is 0 Å². The molecule has 0 aromatic heterocycles. The van der Waals surface area contributed by atoms with Crippen LogP contribution in [0.15, 0.2) is 18.2 Å². The topological polar surface area (TPSA) is 59.6 Å². The number of carbonyl (C=O) groups excluding carboxylic acids is 1. The number of amides is 2. The van der Waals surface area contributed by atoms with Crippen LogP contribution in [0.4, 0.5) is 14.9 Å². The first-order chi connectivity index (χ1) is 8.69. The van der Waals surface area contributed by atoms with Crippen LogP contribution in [0.5, 0.6) is 5.75 Å². The number of hydrogen-bond donors (Lipinski definition) is 2. The van der Waals surface area contributed by atoms with E-state index in [9.17, 15) is 9.18 Å². The van der Waals surface area contributed by atoms with Gasteiger partial charge in [0.15, 0.2) is 0 Å². The number of ether oxygens (including phenoxy) is 2. The smallest absolute Gasteiger partial charge is 0.319 e. The molecule has 2 rings (SSSR count). The largest absolute Gasteiger partial charge is 0.494 e. The van der Waals surface area contributed by atoms with Crippen LogP contribution >= 0.6 is 0 Å². The first-order valence-electron chi connectivity index (χ1n) is 5.68. The van der Waals surface area contributed by atoms with Crippen molar-refractivity contribution in [1.82, 2.24) is 5.32 Å². The van der Waals surface area contributed by atoms with Gasteiger partial charge < -0.3 is 20.1 Å². The van der Waals surface area contributed by atoms with Crippen molar-refractivity contribution < 1.29 is 18.7 Å². The van der Waals surface area contributed by atoms with Crippen LogP contribution in [0.2, 0.25) is 0 Å². The Morgan fingerprint density at radius 1 is 1.56 bits per heavy atom. The molecule has 1 heterocycles. The molecule has 98 valence electrons. The lowest BCUT2D eigenvalue weighted by Gasteiger charge is -2.13. The average molecular weight is 254 g/mol. The first-order valence-corrected chi connectivity index (χ1v) is 5.68. The molecule has 1 atom stereocenters. The minimum atomic E-state index is -0.415. The van der Waals surface area contributed by atoms with Crippen LogP contribution in [-0.2, 0) is 4.74 Å². The Labute approximate surface area is 104 Å². The minimum Gasteiger partial charge on any atom is -0.494 e. The summed E-state index contributed by atoms with van der Waals surface area (Å²) in [6.07, 6.45) is 0.800. The molecule has 5 nitrogen and oxygen atoms in total. The second-order valence-electron chi connectivity index (χ2n) is 4.00. The summed E-state index contributed by atoms with van der Waals surface area (Å²) in [5.41, 5.74) is 0.426. The zero-order chi connectivity index (χ0) is 13.0. The maximum atomic E-state index is 13.0. The standard InChI is InChI=1S/C12H15FN2O3/c1-17-11-6-8(13)2-3-10(11)15-12(16)14-9-4-5-18-7-9/h2-3,6,9H,4-5,7H2,1H3,(H2,14,15,16). The molecule has 0 aliphatic carbocycles. The number of nitrogens with one attached hydrogen (secondary N) is 2. The highest BCUT2D eigenvalue weighted by Crippen LogP contribution is 2.24. The predicted octanol–water partition coefficient (Wildman–Crippen LogP) is 1.74. The molecule has 1 aromatic rings. The molecule has 2 amide bonds. The van der Waals surface area contributed by atoms with Crippen molar-refractivity contribution in [1.29, 1.82) is 0 Å². The molecule has 2 N–H and O–H groups in total. The average Bonchev–Trinajstić information content (AvgIpc) is 2.84. The molecule has 0 radical (unpaired) electrons. The zero-order valence-electron chi connectivity index (χ0n) is 10.0. The van der Waals surface area contributed by atoms with E-state index in [0.29, 0.717) is 18.9 Å². The van der Waals surface area contributed by atoms with E-state index < -0.39 is 5.82 Å². The molecular weight excluding hydrogens is 239 g/mol. The van der Waals surface area contributed by atoms with Gasteiger partial charge in [-0.25, -0.2) is 9.18 Å². The van der Waals surface area contributed by atoms with Crippen molar-refractivity contribution in [2.24, 2.45) is 0 Å². The van der Waals surface area contributed by atoms with Crippen molar-refractivity contribution in [2.75, 3.05) is 25.6 Å². The van der Waals surface area contributed by atoms with Crippen molar-refractivity contribution in [3.63, 3.8) is 0 Å². The summed E-state index contributed by atoms with van der Waals surface area (Å²) in [6.45, 7) is 1.18. The quantitative estimate of drug-likeness (QED) is 0.863. The second kappa shape index (κ2) is 5.68. The fourth-order valence-electron chi connectivity index (χ4n) is 1.76. The fraction of sp³-hybridized carbons (Fsp3) is 0.417. The highest BCUT2D eigenvalue weighted by atomic mass is 19.1. The third-order valence-corrected chi connectivity index (χ3v) is 2.68. The molecule has 1 aliphatic heterocycles. The van der Waals surface area contributed by atoms with Gasteiger partial charge >= 0.3 is 6.03 Å². The van der Waals surface area contributed by atoms with E-state index >= 15 is 0 Å². The Hall–Kier alpha value is -1.82. The van der Waals surface area contributed by atoms with Crippen LogP contribution < -0.4 is 15.4 Å². The molecule has 1 unspecified atom stereocenters. The lowest BCUT2D eigenvalue weighted by molar-refractivity contribution is 0.189. The molecule has 1 fully saturated rings. The summed E-state index contributed by atoms with van der Waals surface area (Å²) >= 11 is 0. The van der Waals surface area contributed by atoms with E-state index in [4.69, 9.17) is 9.47 Å². The number of benzene rings is 1. The van der Waals surface area contributed by atoms with Gasteiger partial charge in [0.1, 0.15) is 11.6 Å². The van der Waals surface area contributed by atoms with Gasteiger partial charge in [-0.05, 0) is 18.6 Å². The monoisotopic (exact) mass is 254 g/mol. The number of carbonyl (C=O) groups is 1. The van der Waals surface area contributed by atoms with E-state index in [1.54, 1.807) is 0 Å². The summed E-state index contributed by atoms with van der Waals surface area (Å²) in [4.78, 5) is 11.7. The molecule has 0 saturated carbocycles. The molecule has 18 heavy (non-hydrogen) atoms. The molecule has 1 aliphatic rings. The molecular formula is C12H15FN2O3. The molecule has 0 spiro atoms. The Bertz CT molecular complexity index is 433. The van der Waals surface area contributed by atoms with E-state index in [2.05, 4.69) is 10.6 Å². The van der Waals surface area contributed by atoms with Crippen molar-refractivity contribution >= 4 is 11.7 Å². The number of anilines is 1. The number of methoxy groups -OCH3 is 1. The number of hydrogen-bond acceptors (Lipinski definition) is 3. The molecule has 1 saturated heterocycles. The molecule has 1 aromatic carbocycles. The van der Waals surface area contributed by atoms with Crippen LogP contribution in [0.25, 0.3) is 0 Å². The van der Waals surface area contributed by atoms with Gasteiger partial charge in [-0.2, -0.15) is 0 Å². The van der Waals surface area contributed by atoms with Gasteiger partial charge in [0.25, 0.3) is 0 Å². The van der Waals surface area contributed by atoms with Gasteiger partial charge in [0.2, 0.25) is 0 Å². The van der Waals surface area contributed by atoms with E-state index in [1.807, 2.05) is 0 Å². The maximum absolute atomic E-state index is 13.0. The van der Waals surface area contributed by atoms with Crippen LogP contribution in [0.3, 0.4) is 0 Å². The van der Waals surface area contributed by atoms with Crippen molar-refractivity contribution in [3.05, 3.63) is 24.0 Å². The van der Waals surface area contributed by atoms with Crippen LogP contribution in [0, 0.1) is 5.82 Å². The Morgan fingerprint density at radius 3 is 3.06 bits per heavy atom. The van der Waals surface area contributed by atoms with Crippen molar-refractivity contribution in [3.8, 4) is 5.75 Å². The van der Waals surface area contributed by atoms with Gasteiger partial charge in [0, 0.05) is 12.7 Å². The van der Waals surface area contributed by atoms with E-state index in [1.165, 1.54) is 25.3 Å². The highest BCUT2D eigenvalue weighted by Gasteiger charge is 2.18. The molecule has 0 bridgehead atoms. The third-order valence-electron chi connectivity index (χ3n) is 2.68. The summed E-state index contributed by atoms with van der Waals surface area (Å²) in [6, 6.07) is 3.61. The van der Waals surface area contributed by atoms with E-state index in [0.717, 1.165) is 6.42 Å². The summed E-state index contributed by atoms with van der Waals surface area (Å²) in [5, 5.41) is 5.39. The van der Waals surface area contributed by atoms with Crippen LogP contribution in [0.1, 0.15) is 6.42 Å². The van der Waals surface area contributed by atoms with Crippen molar-refractivity contribution in [2.45, 2.75) is 12.5 Å². The number of halogens is 1. The van der Waals surface area contributed by atoms with Gasteiger partial charge in [-0.3, -0.25) is 0 Å². The third kappa shape index (κ3) is 3.10. The van der Waals surface area contributed by atoms with E-state index in [-0.39, 0.29) is 17.8 Å². The summed E-state index contributed by atoms with van der Waals surface area (Å²) in [5.74, 6) is -0.130. The number of urea groups is 1. The zero-order valence-corrected chi connectivity index (χ0v) is 10.0. The Morgan fingerprint density at radius 2 is 2.39 bits per heavy atom.